The molecule has 0 spiro atoms. The number of hydrogen-bond donors (Lipinski definition) is 2. The molecule has 0 radical (unpaired) electrons. The number of rotatable bonds is 6. The Kier molecular flexibility index (Phi) is 7.03. The number of aromatic carboxylic acids is 1. The maximum absolute atomic E-state index is 13.2. The lowest BCUT2D eigenvalue weighted by Crippen LogP contribution is -2.54. The highest BCUT2D eigenvalue weighted by Crippen LogP contribution is 2.29. The SMILES string of the molecule is Cc1cc(C)cc(COc2ccc(Br)cc2/C=C2\C(=O)NC(=O)N(c3ccc(C(=O)O)cc3)C2=O)c1. The van der Waals surface area contributed by atoms with Crippen molar-refractivity contribution in [2.45, 2.75) is 20.5 Å². The number of aryl methyl sites for hydroxylation is 2. The molecule has 0 bridgehead atoms. The van der Waals surface area contributed by atoms with Gasteiger partial charge in [-0.2, -0.15) is 0 Å². The van der Waals surface area contributed by atoms with Crippen molar-refractivity contribution in [3.63, 3.8) is 0 Å². The second kappa shape index (κ2) is 10.2. The fraction of sp³-hybridized carbons (Fsp3) is 0.111. The van der Waals surface area contributed by atoms with Crippen molar-refractivity contribution in [1.82, 2.24) is 5.32 Å². The maximum atomic E-state index is 13.2. The molecule has 1 aliphatic rings. The van der Waals surface area contributed by atoms with Crippen molar-refractivity contribution < 1.29 is 29.0 Å². The second-order valence-corrected chi connectivity index (χ2v) is 9.19. The number of anilines is 1. The number of imide groups is 2. The Bertz CT molecular complexity index is 1410. The van der Waals surface area contributed by atoms with Gasteiger partial charge in [0.1, 0.15) is 17.9 Å². The smallest absolute Gasteiger partial charge is 0.335 e. The van der Waals surface area contributed by atoms with Crippen molar-refractivity contribution >= 4 is 51.5 Å². The molecular weight excluding hydrogens is 528 g/mol. The van der Waals surface area contributed by atoms with Gasteiger partial charge in [-0.05, 0) is 68.0 Å². The van der Waals surface area contributed by atoms with Gasteiger partial charge in [0.25, 0.3) is 11.8 Å². The molecule has 0 aromatic heterocycles. The first kappa shape index (κ1) is 24.9. The number of hydrogen-bond acceptors (Lipinski definition) is 5. The summed E-state index contributed by atoms with van der Waals surface area (Å²) in [7, 11) is 0. The molecule has 1 aliphatic heterocycles. The lowest BCUT2D eigenvalue weighted by Gasteiger charge is -2.26. The van der Waals surface area contributed by atoms with E-state index in [4.69, 9.17) is 9.84 Å². The molecule has 2 N–H and O–H groups in total. The van der Waals surface area contributed by atoms with Crippen LogP contribution in [0.25, 0.3) is 6.08 Å². The minimum atomic E-state index is -1.14. The zero-order valence-electron chi connectivity index (χ0n) is 19.4. The van der Waals surface area contributed by atoms with Crippen LogP contribution in [0, 0.1) is 13.8 Å². The van der Waals surface area contributed by atoms with Crippen molar-refractivity contribution in [3.8, 4) is 5.75 Å². The molecule has 3 aromatic rings. The van der Waals surface area contributed by atoms with E-state index in [0.29, 0.717) is 15.8 Å². The molecule has 0 atom stereocenters. The highest BCUT2D eigenvalue weighted by molar-refractivity contribution is 9.10. The lowest BCUT2D eigenvalue weighted by atomic mass is 10.1. The number of carboxylic acid groups (broad SMARTS) is 1. The molecule has 4 rings (SSSR count). The summed E-state index contributed by atoms with van der Waals surface area (Å²) in [6.07, 6.45) is 1.37. The van der Waals surface area contributed by atoms with Crippen LogP contribution in [0.15, 0.2) is 70.7 Å². The maximum Gasteiger partial charge on any atom is 0.335 e. The Morgan fingerprint density at radius 2 is 1.67 bits per heavy atom. The number of barbiturate groups is 1. The van der Waals surface area contributed by atoms with Gasteiger partial charge in [0.2, 0.25) is 0 Å². The minimum absolute atomic E-state index is 0.00446. The zero-order chi connectivity index (χ0) is 26.0. The van der Waals surface area contributed by atoms with E-state index >= 15 is 0 Å². The lowest BCUT2D eigenvalue weighted by molar-refractivity contribution is -0.122. The number of nitrogens with one attached hydrogen (secondary N) is 1. The average Bonchev–Trinajstić information content (AvgIpc) is 2.81. The summed E-state index contributed by atoms with van der Waals surface area (Å²) in [6.45, 7) is 4.28. The Balaban J connectivity index is 1.66. The van der Waals surface area contributed by atoms with Gasteiger partial charge in [0.05, 0.1) is 11.3 Å². The molecule has 0 unspecified atom stereocenters. The third-order valence-corrected chi connectivity index (χ3v) is 5.91. The second-order valence-electron chi connectivity index (χ2n) is 8.28. The van der Waals surface area contributed by atoms with E-state index in [0.717, 1.165) is 21.6 Å². The minimum Gasteiger partial charge on any atom is -0.488 e. The number of ether oxygens (including phenoxy) is 1. The van der Waals surface area contributed by atoms with Gasteiger partial charge in [0.15, 0.2) is 0 Å². The predicted octanol–water partition coefficient (Wildman–Crippen LogP) is 5.01. The fourth-order valence-electron chi connectivity index (χ4n) is 3.88. The van der Waals surface area contributed by atoms with Crippen molar-refractivity contribution in [2.75, 3.05) is 4.90 Å². The Morgan fingerprint density at radius 1 is 1.00 bits per heavy atom. The molecule has 1 saturated heterocycles. The average molecular weight is 549 g/mol. The summed E-state index contributed by atoms with van der Waals surface area (Å²) in [4.78, 5) is 50.2. The molecule has 1 heterocycles. The number of carbonyl (C=O) groups is 4. The molecule has 36 heavy (non-hydrogen) atoms. The standard InChI is InChI=1S/C27H21BrN2O6/c1-15-9-16(2)11-17(10-15)14-36-23-8-5-20(28)12-19(23)13-22-24(31)29-27(35)30(25(22)32)21-6-3-18(4-7-21)26(33)34/h3-13H,14H2,1-2H3,(H,33,34)(H,29,31,35)/b22-13+. The highest BCUT2D eigenvalue weighted by Gasteiger charge is 2.37. The fourth-order valence-corrected chi connectivity index (χ4v) is 4.26. The van der Waals surface area contributed by atoms with Crippen LogP contribution >= 0.6 is 15.9 Å². The van der Waals surface area contributed by atoms with E-state index < -0.39 is 23.8 Å². The number of carboxylic acids is 1. The summed E-state index contributed by atoms with van der Waals surface area (Å²) >= 11 is 3.40. The van der Waals surface area contributed by atoms with Gasteiger partial charge in [0, 0.05) is 10.0 Å². The van der Waals surface area contributed by atoms with Crippen molar-refractivity contribution in [1.29, 1.82) is 0 Å². The van der Waals surface area contributed by atoms with E-state index in [9.17, 15) is 19.2 Å². The number of urea groups is 1. The van der Waals surface area contributed by atoms with Crippen LogP contribution in [0.2, 0.25) is 0 Å². The van der Waals surface area contributed by atoms with E-state index in [1.54, 1.807) is 18.2 Å². The zero-order valence-corrected chi connectivity index (χ0v) is 21.0. The molecule has 182 valence electrons. The van der Waals surface area contributed by atoms with Crippen LogP contribution in [0.4, 0.5) is 10.5 Å². The molecular formula is C27H21BrN2O6. The van der Waals surface area contributed by atoms with Crippen LogP contribution in [0.1, 0.15) is 32.6 Å². The van der Waals surface area contributed by atoms with Gasteiger partial charge in [-0.25, -0.2) is 14.5 Å². The summed E-state index contributed by atoms with van der Waals surface area (Å²) in [5.41, 5.74) is 3.50. The number of amides is 4. The quantitative estimate of drug-likeness (QED) is 0.330. The third-order valence-electron chi connectivity index (χ3n) is 5.42. The first-order valence-electron chi connectivity index (χ1n) is 10.9. The normalized spacial score (nSPS) is 14.7. The van der Waals surface area contributed by atoms with Crippen molar-refractivity contribution in [2.24, 2.45) is 0 Å². The molecule has 8 nitrogen and oxygen atoms in total. The largest absolute Gasteiger partial charge is 0.488 e. The number of carbonyl (C=O) groups excluding carboxylic acids is 3. The van der Waals surface area contributed by atoms with E-state index in [1.807, 2.05) is 26.0 Å². The van der Waals surface area contributed by atoms with E-state index in [2.05, 4.69) is 27.3 Å². The summed E-state index contributed by atoms with van der Waals surface area (Å²) in [5, 5.41) is 11.3. The van der Waals surface area contributed by atoms with Gasteiger partial charge in [-0.3, -0.25) is 14.9 Å². The van der Waals surface area contributed by atoms with E-state index in [1.165, 1.54) is 30.3 Å². The number of halogens is 1. The number of benzene rings is 3. The van der Waals surface area contributed by atoms with Crippen LogP contribution in [-0.4, -0.2) is 28.9 Å². The molecule has 1 fully saturated rings. The molecule has 3 aromatic carbocycles. The first-order valence-corrected chi connectivity index (χ1v) is 11.7. The van der Waals surface area contributed by atoms with Crippen LogP contribution < -0.4 is 15.0 Å². The monoisotopic (exact) mass is 548 g/mol. The first-order chi connectivity index (χ1) is 17.1. The van der Waals surface area contributed by atoms with Crippen LogP contribution in [-0.2, 0) is 16.2 Å². The van der Waals surface area contributed by atoms with Gasteiger partial charge >= 0.3 is 12.0 Å². The number of nitrogens with zero attached hydrogens (tertiary/aromatic N) is 1. The highest BCUT2D eigenvalue weighted by atomic mass is 79.9. The van der Waals surface area contributed by atoms with E-state index in [-0.39, 0.29) is 23.4 Å². The molecule has 4 amide bonds. The van der Waals surface area contributed by atoms with Crippen LogP contribution in [0.5, 0.6) is 5.75 Å². The van der Waals surface area contributed by atoms with Gasteiger partial charge < -0.3 is 9.84 Å². The predicted molar refractivity (Wildman–Crippen MR) is 137 cm³/mol. The van der Waals surface area contributed by atoms with Gasteiger partial charge in [-0.1, -0.05) is 45.3 Å². The Morgan fingerprint density at radius 3 is 2.31 bits per heavy atom. The Labute approximate surface area is 215 Å². The summed E-state index contributed by atoms with van der Waals surface area (Å²) in [6, 6.07) is 15.6. The van der Waals surface area contributed by atoms with Crippen LogP contribution in [0.3, 0.4) is 0 Å². The Hall–Kier alpha value is -4.24. The topological polar surface area (TPSA) is 113 Å². The van der Waals surface area contributed by atoms with Gasteiger partial charge in [-0.15, -0.1) is 0 Å². The van der Waals surface area contributed by atoms with Crippen molar-refractivity contribution in [3.05, 3.63) is 98.5 Å². The molecule has 0 saturated carbocycles. The molecule has 0 aliphatic carbocycles. The molecule has 9 heteroatoms. The summed E-state index contributed by atoms with van der Waals surface area (Å²) < 4.78 is 6.73. The summed E-state index contributed by atoms with van der Waals surface area (Å²) in [5.74, 6) is -2.38. The third kappa shape index (κ3) is 5.36.